The topological polar surface area (TPSA) is 79.2 Å². The summed E-state index contributed by atoms with van der Waals surface area (Å²) in [5.41, 5.74) is 0.829. The van der Waals surface area contributed by atoms with Crippen LogP contribution in [0.4, 0.5) is 0 Å². The van der Waals surface area contributed by atoms with Gasteiger partial charge in [0.1, 0.15) is 0 Å². The summed E-state index contributed by atoms with van der Waals surface area (Å²) in [6.07, 6.45) is 2.25. The summed E-state index contributed by atoms with van der Waals surface area (Å²) < 4.78 is 1.48. The average Bonchev–Trinajstić information content (AvgIpc) is 2.86. The van der Waals surface area contributed by atoms with Crippen molar-refractivity contribution in [2.45, 2.75) is 6.42 Å². The van der Waals surface area contributed by atoms with E-state index in [0.717, 1.165) is 18.7 Å². The summed E-state index contributed by atoms with van der Waals surface area (Å²) in [7, 11) is 1.86. The van der Waals surface area contributed by atoms with Crippen molar-refractivity contribution < 1.29 is 9.90 Å². The zero-order valence-electron chi connectivity index (χ0n) is 11.7. The van der Waals surface area contributed by atoms with Gasteiger partial charge in [-0.25, -0.2) is 4.68 Å². The Labute approximate surface area is 129 Å². The highest BCUT2D eigenvalue weighted by molar-refractivity contribution is 5.94. The number of aromatic hydroxyl groups is 1. The van der Waals surface area contributed by atoms with Gasteiger partial charge in [-0.2, -0.15) is 5.10 Å². The molecular weight excluding hydrogens is 292 g/mol. The third kappa shape index (κ3) is 4.47. The third-order valence-corrected chi connectivity index (χ3v) is 2.82. The van der Waals surface area contributed by atoms with Crippen LogP contribution in [0, 0.1) is 0 Å². The predicted molar refractivity (Wildman–Crippen MR) is 83.4 cm³/mol. The molecule has 7 heteroatoms. The summed E-state index contributed by atoms with van der Waals surface area (Å²) in [6.45, 7) is 1.36. The molecule has 6 nitrogen and oxygen atoms in total. The number of nitrogens with one attached hydrogen (secondary N) is 2. The fraction of sp³-hybridized carbons (Fsp3) is 0.286. The van der Waals surface area contributed by atoms with Crippen LogP contribution >= 0.6 is 12.4 Å². The van der Waals surface area contributed by atoms with E-state index in [-0.39, 0.29) is 29.8 Å². The van der Waals surface area contributed by atoms with E-state index in [1.54, 1.807) is 0 Å². The largest absolute Gasteiger partial charge is 0.504 e. The predicted octanol–water partition coefficient (Wildman–Crippen LogP) is 1.34. The van der Waals surface area contributed by atoms with Crippen molar-refractivity contribution in [1.29, 1.82) is 0 Å². The molecule has 0 spiro atoms. The lowest BCUT2D eigenvalue weighted by Gasteiger charge is -2.03. The van der Waals surface area contributed by atoms with E-state index in [1.165, 1.54) is 10.9 Å². The normalized spacial score (nSPS) is 9.95. The van der Waals surface area contributed by atoms with Gasteiger partial charge < -0.3 is 15.7 Å². The SMILES string of the molecule is CNCCCNC(=O)c1nn(-c2ccccc2)cc1O.Cl. The minimum absolute atomic E-state index is 0. The summed E-state index contributed by atoms with van der Waals surface area (Å²) >= 11 is 0. The van der Waals surface area contributed by atoms with E-state index < -0.39 is 0 Å². The molecule has 1 amide bonds. The van der Waals surface area contributed by atoms with E-state index in [0.29, 0.717) is 6.54 Å². The van der Waals surface area contributed by atoms with Crippen LogP contribution in [0.3, 0.4) is 0 Å². The Morgan fingerprint density at radius 1 is 1.29 bits per heavy atom. The molecule has 1 aromatic heterocycles. The van der Waals surface area contributed by atoms with Gasteiger partial charge in [-0.05, 0) is 32.1 Å². The molecule has 1 aromatic carbocycles. The number of carbonyl (C=O) groups is 1. The zero-order valence-corrected chi connectivity index (χ0v) is 12.6. The Morgan fingerprint density at radius 2 is 2.00 bits per heavy atom. The van der Waals surface area contributed by atoms with Crippen LogP contribution in [0.1, 0.15) is 16.9 Å². The average molecular weight is 311 g/mol. The fourth-order valence-electron chi connectivity index (χ4n) is 1.79. The maximum absolute atomic E-state index is 11.9. The van der Waals surface area contributed by atoms with Gasteiger partial charge in [0.25, 0.3) is 5.91 Å². The van der Waals surface area contributed by atoms with Crippen molar-refractivity contribution in [2.24, 2.45) is 0 Å². The van der Waals surface area contributed by atoms with E-state index in [9.17, 15) is 9.90 Å². The molecule has 2 rings (SSSR count). The van der Waals surface area contributed by atoms with Crippen LogP contribution < -0.4 is 10.6 Å². The molecule has 0 aliphatic heterocycles. The van der Waals surface area contributed by atoms with Gasteiger partial charge in [-0.3, -0.25) is 4.79 Å². The Bertz CT molecular complexity index is 572. The molecule has 1 heterocycles. The first-order valence-electron chi connectivity index (χ1n) is 6.49. The van der Waals surface area contributed by atoms with Crippen LogP contribution in [-0.2, 0) is 0 Å². The number of nitrogens with zero attached hydrogens (tertiary/aromatic N) is 2. The lowest BCUT2D eigenvalue weighted by molar-refractivity contribution is 0.0945. The molecule has 0 bridgehead atoms. The molecule has 0 saturated heterocycles. The molecule has 3 N–H and O–H groups in total. The molecule has 0 saturated carbocycles. The highest BCUT2D eigenvalue weighted by Gasteiger charge is 2.16. The van der Waals surface area contributed by atoms with Gasteiger partial charge >= 0.3 is 0 Å². The lowest BCUT2D eigenvalue weighted by Crippen LogP contribution is -2.27. The number of halogens is 1. The number of aromatic nitrogens is 2. The Morgan fingerprint density at radius 3 is 2.67 bits per heavy atom. The monoisotopic (exact) mass is 310 g/mol. The van der Waals surface area contributed by atoms with Crippen molar-refractivity contribution in [3.8, 4) is 11.4 Å². The van der Waals surface area contributed by atoms with E-state index in [2.05, 4.69) is 15.7 Å². The van der Waals surface area contributed by atoms with Crippen LogP contribution in [0.2, 0.25) is 0 Å². The molecule has 0 aliphatic carbocycles. The summed E-state index contributed by atoms with van der Waals surface area (Å²) in [6, 6.07) is 9.32. The zero-order chi connectivity index (χ0) is 14.4. The second-order valence-corrected chi connectivity index (χ2v) is 4.36. The van der Waals surface area contributed by atoms with Crippen LogP contribution in [0.5, 0.6) is 5.75 Å². The molecule has 21 heavy (non-hydrogen) atoms. The standard InChI is InChI=1S/C14H18N4O2.ClH/c1-15-8-5-9-16-14(20)13-12(19)10-18(17-13)11-6-3-2-4-7-11;/h2-4,6-7,10,15,19H,5,8-9H2,1H3,(H,16,20);1H. The van der Waals surface area contributed by atoms with Crippen LogP contribution in [0.25, 0.3) is 5.69 Å². The van der Waals surface area contributed by atoms with Crippen LogP contribution in [0.15, 0.2) is 36.5 Å². The smallest absolute Gasteiger partial charge is 0.275 e. The third-order valence-electron chi connectivity index (χ3n) is 2.82. The molecule has 0 aliphatic rings. The second-order valence-electron chi connectivity index (χ2n) is 4.36. The van der Waals surface area contributed by atoms with Crippen molar-refractivity contribution in [3.05, 3.63) is 42.2 Å². The van der Waals surface area contributed by atoms with Crippen LogP contribution in [-0.4, -0.2) is 40.9 Å². The summed E-state index contributed by atoms with van der Waals surface area (Å²) in [5.74, 6) is -0.492. The molecule has 2 aromatic rings. The van der Waals surface area contributed by atoms with E-state index in [1.807, 2.05) is 37.4 Å². The molecule has 0 atom stereocenters. The molecule has 0 radical (unpaired) electrons. The first-order valence-corrected chi connectivity index (χ1v) is 6.49. The lowest BCUT2D eigenvalue weighted by atomic mass is 10.3. The highest BCUT2D eigenvalue weighted by Crippen LogP contribution is 2.17. The Hall–Kier alpha value is -2.05. The number of benzene rings is 1. The van der Waals surface area contributed by atoms with Gasteiger partial charge in [0.15, 0.2) is 11.4 Å². The Balaban J connectivity index is 0.00000220. The first kappa shape index (κ1) is 17.0. The highest BCUT2D eigenvalue weighted by atomic mass is 35.5. The number of hydrogen-bond acceptors (Lipinski definition) is 4. The van der Waals surface area contributed by atoms with Crippen molar-refractivity contribution in [2.75, 3.05) is 20.1 Å². The molecule has 0 unspecified atom stereocenters. The van der Waals surface area contributed by atoms with E-state index in [4.69, 9.17) is 0 Å². The van der Waals surface area contributed by atoms with Crippen molar-refractivity contribution in [1.82, 2.24) is 20.4 Å². The number of para-hydroxylation sites is 1. The summed E-state index contributed by atoms with van der Waals surface area (Å²) in [4.78, 5) is 11.9. The minimum atomic E-state index is -0.367. The van der Waals surface area contributed by atoms with Crippen molar-refractivity contribution in [3.63, 3.8) is 0 Å². The number of carbonyl (C=O) groups excluding carboxylic acids is 1. The second kappa shape index (κ2) is 8.28. The van der Waals surface area contributed by atoms with Gasteiger partial charge in [-0.15, -0.1) is 12.4 Å². The van der Waals surface area contributed by atoms with Gasteiger partial charge in [0.2, 0.25) is 0 Å². The molecule has 114 valence electrons. The number of hydrogen-bond donors (Lipinski definition) is 3. The first-order chi connectivity index (χ1) is 9.72. The maximum atomic E-state index is 11.9. The van der Waals surface area contributed by atoms with E-state index >= 15 is 0 Å². The molecular formula is C14H19ClN4O2. The Kier molecular flexibility index (Phi) is 6.71. The quantitative estimate of drug-likeness (QED) is 0.704. The molecule has 0 fully saturated rings. The number of rotatable bonds is 6. The van der Waals surface area contributed by atoms with Crippen molar-refractivity contribution >= 4 is 18.3 Å². The van der Waals surface area contributed by atoms with Gasteiger partial charge in [-0.1, -0.05) is 18.2 Å². The fourth-order valence-corrected chi connectivity index (χ4v) is 1.79. The minimum Gasteiger partial charge on any atom is -0.504 e. The summed E-state index contributed by atoms with van der Waals surface area (Å²) in [5, 5.41) is 19.6. The van der Waals surface area contributed by atoms with Gasteiger partial charge in [0.05, 0.1) is 11.9 Å². The number of amides is 1. The maximum Gasteiger partial charge on any atom is 0.275 e. The van der Waals surface area contributed by atoms with Gasteiger partial charge in [0, 0.05) is 6.54 Å².